The summed E-state index contributed by atoms with van der Waals surface area (Å²) in [5.74, 6) is 0.612. The first-order valence-corrected chi connectivity index (χ1v) is 6.33. The number of nitrogens with one attached hydrogen (secondary N) is 1. The molecule has 4 heteroatoms. The second-order valence-electron chi connectivity index (χ2n) is 5.62. The lowest BCUT2D eigenvalue weighted by molar-refractivity contribution is -0.126. The van der Waals surface area contributed by atoms with Gasteiger partial charge in [0.05, 0.1) is 5.41 Å². The van der Waals surface area contributed by atoms with Crippen molar-refractivity contribution in [1.29, 1.82) is 0 Å². The second-order valence-corrected chi connectivity index (χ2v) is 5.62. The second kappa shape index (κ2) is 4.72. The fraction of sp³-hybridized carbons (Fsp3) is 0.917. The molecule has 0 radical (unpaired) electrons. The lowest BCUT2D eigenvalue weighted by atomic mass is 9.89. The number of nitrogens with two attached hydrogens (primary N) is 1. The molecule has 0 bridgehead atoms. The number of carbonyl (C=O) groups excluding carboxylic acids is 1. The van der Waals surface area contributed by atoms with Crippen molar-refractivity contribution < 1.29 is 4.79 Å². The van der Waals surface area contributed by atoms with E-state index < -0.39 is 0 Å². The van der Waals surface area contributed by atoms with E-state index in [2.05, 4.69) is 10.2 Å². The van der Waals surface area contributed by atoms with Gasteiger partial charge >= 0.3 is 0 Å². The smallest absolute Gasteiger partial charge is 0.224 e. The Hall–Kier alpha value is -0.610. The summed E-state index contributed by atoms with van der Waals surface area (Å²) in [6.07, 6.45) is 3.52. The summed E-state index contributed by atoms with van der Waals surface area (Å²) in [5, 5.41) is 3.43. The minimum absolute atomic E-state index is 0.142. The van der Waals surface area contributed by atoms with Gasteiger partial charge in [-0.15, -0.1) is 0 Å². The van der Waals surface area contributed by atoms with E-state index in [9.17, 15) is 4.79 Å². The van der Waals surface area contributed by atoms with E-state index >= 15 is 0 Å². The zero-order valence-corrected chi connectivity index (χ0v) is 10.2. The van der Waals surface area contributed by atoms with Crippen molar-refractivity contribution in [3.05, 3.63) is 0 Å². The molecule has 0 aromatic heterocycles. The van der Waals surface area contributed by atoms with Gasteiger partial charge in [0, 0.05) is 13.1 Å². The lowest BCUT2D eigenvalue weighted by Crippen LogP contribution is -2.40. The molecule has 16 heavy (non-hydrogen) atoms. The molecule has 2 rings (SSSR count). The molecular formula is C12H23N3O. The van der Waals surface area contributed by atoms with Crippen LogP contribution in [-0.4, -0.2) is 43.5 Å². The van der Waals surface area contributed by atoms with Crippen LogP contribution in [0.15, 0.2) is 0 Å². The number of hydrogen-bond acceptors (Lipinski definition) is 3. The zero-order chi connectivity index (χ0) is 11.6. The molecule has 0 aromatic carbocycles. The van der Waals surface area contributed by atoms with Crippen LogP contribution in [0.2, 0.25) is 0 Å². The molecule has 0 spiro atoms. The Labute approximate surface area is 97.6 Å². The van der Waals surface area contributed by atoms with E-state index in [-0.39, 0.29) is 11.3 Å². The summed E-state index contributed by atoms with van der Waals surface area (Å²) in [5.41, 5.74) is 5.16. The molecule has 2 aliphatic rings. The maximum absolute atomic E-state index is 11.3. The SMILES string of the molecule is CC1(C(N)=O)CCN(CC2CCCNC2)C1. The van der Waals surface area contributed by atoms with Crippen LogP contribution in [0.5, 0.6) is 0 Å². The Kier molecular flexibility index (Phi) is 3.50. The van der Waals surface area contributed by atoms with Crippen LogP contribution >= 0.6 is 0 Å². The Morgan fingerprint density at radius 1 is 1.62 bits per heavy atom. The standard InChI is InChI=1S/C12H23N3O/c1-12(11(13)16)4-6-15(9-12)8-10-3-2-5-14-7-10/h10,14H,2-9H2,1H3,(H2,13,16). The maximum atomic E-state index is 11.3. The van der Waals surface area contributed by atoms with E-state index in [4.69, 9.17) is 5.73 Å². The summed E-state index contributed by atoms with van der Waals surface area (Å²) >= 11 is 0. The first-order valence-electron chi connectivity index (χ1n) is 6.33. The number of likely N-dealkylation sites (tertiary alicyclic amines) is 1. The van der Waals surface area contributed by atoms with Crippen molar-refractivity contribution in [2.75, 3.05) is 32.7 Å². The highest BCUT2D eigenvalue weighted by molar-refractivity contribution is 5.81. The Morgan fingerprint density at radius 3 is 3.00 bits per heavy atom. The van der Waals surface area contributed by atoms with Crippen molar-refractivity contribution in [2.24, 2.45) is 17.1 Å². The Balaban J connectivity index is 1.82. The van der Waals surface area contributed by atoms with E-state index in [0.29, 0.717) is 0 Å². The minimum atomic E-state index is -0.290. The van der Waals surface area contributed by atoms with E-state index in [0.717, 1.165) is 45.1 Å². The van der Waals surface area contributed by atoms with Crippen LogP contribution in [-0.2, 0) is 4.79 Å². The van der Waals surface area contributed by atoms with Gasteiger partial charge in [-0.05, 0) is 51.7 Å². The fourth-order valence-electron chi connectivity index (χ4n) is 2.86. The van der Waals surface area contributed by atoms with E-state index in [1.165, 1.54) is 12.8 Å². The molecule has 2 unspecified atom stereocenters. The van der Waals surface area contributed by atoms with Crippen LogP contribution in [0, 0.1) is 11.3 Å². The van der Waals surface area contributed by atoms with Crippen molar-refractivity contribution in [1.82, 2.24) is 10.2 Å². The third-order valence-corrected chi connectivity index (χ3v) is 4.06. The zero-order valence-electron chi connectivity index (χ0n) is 10.2. The summed E-state index contributed by atoms with van der Waals surface area (Å²) < 4.78 is 0. The maximum Gasteiger partial charge on any atom is 0.224 e. The van der Waals surface area contributed by atoms with Crippen molar-refractivity contribution >= 4 is 5.91 Å². The molecular weight excluding hydrogens is 202 g/mol. The van der Waals surface area contributed by atoms with Gasteiger partial charge in [-0.2, -0.15) is 0 Å². The average molecular weight is 225 g/mol. The highest BCUT2D eigenvalue weighted by Crippen LogP contribution is 2.30. The van der Waals surface area contributed by atoms with Gasteiger partial charge in [0.2, 0.25) is 5.91 Å². The van der Waals surface area contributed by atoms with Gasteiger partial charge < -0.3 is 16.0 Å². The number of nitrogens with zero attached hydrogens (tertiary/aromatic N) is 1. The van der Waals surface area contributed by atoms with Crippen molar-refractivity contribution in [2.45, 2.75) is 26.2 Å². The first-order chi connectivity index (χ1) is 7.60. The summed E-state index contributed by atoms with van der Waals surface area (Å²) in [6.45, 7) is 7.28. The molecule has 2 aliphatic heterocycles. The topological polar surface area (TPSA) is 58.4 Å². The van der Waals surface area contributed by atoms with Gasteiger partial charge in [0.1, 0.15) is 0 Å². The summed E-state index contributed by atoms with van der Waals surface area (Å²) in [6, 6.07) is 0. The third kappa shape index (κ3) is 2.55. The number of amides is 1. The molecule has 4 nitrogen and oxygen atoms in total. The molecule has 2 heterocycles. The van der Waals surface area contributed by atoms with Crippen LogP contribution in [0.3, 0.4) is 0 Å². The molecule has 3 N–H and O–H groups in total. The minimum Gasteiger partial charge on any atom is -0.369 e. The molecule has 2 fully saturated rings. The summed E-state index contributed by atoms with van der Waals surface area (Å²) in [7, 11) is 0. The molecule has 0 saturated carbocycles. The van der Waals surface area contributed by atoms with Crippen LogP contribution in [0.4, 0.5) is 0 Å². The van der Waals surface area contributed by atoms with Crippen LogP contribution in [0.25, 0.3) is 0 Å². The third-order valence-electron chi connectivity index (χ3n) is 4.06. The van der Waals surface area contributed by atoms with E-state index in [1.807, 2.05) is 6.92 Å². The first kappa shape index (κ1) is 11.9. The quantitative estimate of drug-likeness (QED) is 0.720. The lowest BCUT2D eigenvalue weighted by Gasteiger charge is -2.28. The van der Waals surface area contributed by atoms with Gasteiger partial charge in [-0.25, -0.2) is 0 Å². The number of carbonyl (C=O) groups is 1. The van der Waals surface area contributed by atoms with Gasteiger partial charge in [-0.1, -0.05) is 0 Å². The molecule has 2 atom stereocenters. The Bertz CT molecular complexity index is 263. The average Bonchev–Trinajstić information content (AvgIpc) is 2.63. The number of piperidine rings is 1. The molecule has 92 valence electrons. The predicted molar refractivity (Wildman–Crippen MR) is 64.0 cm³/mol. The van der Waals surface area contributed by atoms with Crippen LogP contribution in [0.1, 0.15) is 26.2 Å². The van der Waals surface area contributed by atoms with Gasteiger partial charge in [0.15, 0.2) is 0 Å². The molecule has 0 aromatic rings. The van der Waals surface area contributed by atoms with Crippen molar-refractivity contribution in [3.8, 4) is 0 Å². The number of primary amides is 1. The van der Waals surface area contributed by atoms with Gasteiger partial charge in [0.25, 0.3) is 0 Å². The van der Waals surface area contributed by atoms with E-state index in [1.54, 1.807) is 0 Å². The van der Waals surface area contributed by atoms with Crippen molar-refractivity contribution in [3.63, 3.8) is 0 Å². The number of hydrogen-bond donors (Lipinski definition) is 2. The molecule has 2 saturated heterocycles. The predicted octanol–water partition coefficient (Wildman–Crippen LogP) is 0.183. The van der Waals surface area contributed by atoms with Gasteiger partial charge in [-0.3, -0.25) is 4.79 Å². The van der Waals surface area contributed by atoms with Crippen LogP contribution < -0.4 is 11.1 Å². The Morgan fingerprint density at radius 2 is 2.44 bits per heavy atom. The fourth-order valence-corrected chi connectivity index (χ4v) is 2.86. The monoisotopic (exact) mass is 225 g/mol. The number of rotatable bonds is 3. The summed E-state index contributed by atoms with van der Waals surface area (Å²) in [4.78, 5) is 13.7. The highest BCUT2D eigenvalue weighted by atomic mass is 16.1. The molecule has 1 amide bonds. The highest BCUT2D eigenvalue weighted by Gasteiger charge is 2.39. The largest absolute Gasteiger partial charge is 0.369 e. The molecule has 0 aliphatic carbocycles. The normalized spacial score (nSPS) is 36.4.